The number of hydrogen-bond donors (Lipinski definition) is 0. The smallest absolute Gasteiger partial charge is 0.0415 e. The maximum atomic E-state index is 2.66. The molecule has 33 heavy (non-hydrogen) atoms. The van der Waals surface area contributed by atoms with Crippen LogP contribution in [0.15, 0.2) is 66.7 Å². The number of benzene rings is 3. The maximum absolute atomic E-state index is 2.66. The predicted octanol–water partition coefficient (Wildman–Crippen LogP) is 8.89. The summed E-state index contributed by atoms with van der Waals surface area (Å²) in [6.07, 6.45) is 0. The highest BCUT2D eigenvalue weighted by Gasteiger charge is 2.33. The van der Waals surface area contributed by atoms with Crippen molar-refractivity contribution in [2.24, 2.45) is 0 Å². The Hall–Kier alpha value is -2.32. The lowest BCUT2D eigenvalue weighted by Gasteiger charge is -2.48. The van der Waals surface area contributed by atoms with Crippen molar-refractivity contribution >= 4 is 16.5 Å². The molecular weight excluding hydrogens is 400 g/mol. The van der Waals surface area contributed by atoms with Crippen LogP contribution in [0.3, 0.4) is 0 Å². The van der Waals surface area contributed by atoms with Crippen molar-refractivity contribution in [2.45, 2.75) is 87.4 Å². The van der Waals surface area contributed by atoms with Crippen LogP contribution in [0.4, 0.5) is 5.69 Å². The minimum Gasteiger partial charge on any atom is -0.366 e. The fourth-order valence-corrected chi connectivity index (χ4v) is 4.47. The Morgan fingerprint density at radius 1 is 0.697 bits per heavy atom. The molecule has 0 spiro atoms. The minimum absolute atomic E-state index is 0.446. The second-order valence-corrected chi connectivity index (χ2v) is 8.03. The molecule has 1 aliphatic heterocycles. The quantitative estimate of drug-likeness (QED) is 0.394. The second-order valence-electron chi connectivity index (χ2n) is 8.03. The van der Waals surface area contributed by atoms with Crippen LogP contribution in [0.2, 0.25) is 0 Å². The molecule has 0 N–H and O–H groups in total. The van der Waals surface area contributed by atoms with E-state index in [0.29, 0.717) is 18.1 Å². The maximum Gasteiger partial charge on any atom is 0.0415 e. The van der Waals surface area contributed by atoms with Gasteiger partial charge in [-0.3, -0.25) is 4.90 Å². The average Bonchev–Trinajstić information content (AvgIpc) is 2.89. The standard InChI is InChI=1S/C25H30N2.3C2H6/c1-18-9-11-22(12-10-18)21(4)26-15-16-27(20(3)19(26)2)25-14-13-23-7-5-6-8-24(23)17-25;3*1-2/h5-14,17,19-21H,15-16H2,1-4H3;3*1-2H3. The van der Waals surface area contributed by atoms with Crippen molar-refractivity contribution in [3.63, 3.8) is 0 Å². The first-order valence-corrected chi connectivity index (χ1v) is 13.1. The van der Waals surface area contributed by atoms with E-state index < -0.39 is 0 Å². The van der Waals surface area contributed by atoms with E-state index >= 15 is 0 Å². The van der Waals surface area contributed by atoms with Gasteiger partial charge < -0.3 is 4.90 Å². The van der Waals surface area contributed by atoms with Crippen molar-refractivity contribution in [1.29, 1.82) is 0 Å². The molecule has 2 heteroatoms. The summed E-state index contributed by atoms with van der Waals surface area (Å²) in [6.45, 7) is 23.4. The summed E-state index contributed by atoms with van der Waals surface area (Å²) < 4.78 is 0. The normalized spacial score (nSPS) is 18.7. The topological polar surface area (TPSA) is 6.48 Å². The van der Waals surface area contributed by atoms with Crippen molar-refractivity contribution in [3.8, 4) is 0 Å². The van der Waals surface area contributed by atoms with Crippen molar-refractivity contribution in [1.82, 2.24) is 4.90 Å². The zero-order valence-electron chi connectivity index (χ0n) is 22.9. The van der Waals surface area contributed by atoms with Crippen LogP contribution >= 0.6 is 0 Å². The Kier molecular flexibility index (Phi) is 12.8. The van der Waals surface area contributed by atoms with Gasteiger partial charge in [0.05, 0.1) is 0 Å². The largest absolute Gasteiger partial charge is 0.366 e. The van der Waals surface area contributed by atoms with Crippen molar-refractivity contribution < 1.29 is 0 Å². The summed E-state index contributed by atoms with van der Waals surface area (Å²) in [5.74, 6) is 0. The summed E-state index contributed by atoms with van der Waals surface area (Å²) in [5, 5.41) is 2.64. The highest BCUT2D eigenvalue weighted by atomic mass is 15.3. The molecule has 2 nitrogen and oxygen atoms in total. The molecule has 1 heterocycles. The highest BCUT2D eigenvalue weighted by molar-refractivity contribution is 5.85. The molecule has 3 atom stereocenters. The molecular formula is C31H48N2. The molecule has 0 saturated carbocycles. The summed E-state index contributed by atoms with van der Waals surface area (Å²) in [6, 6.07) is 26.0. The number of fused-ring (bicyclic) bond motifs is 1. The minimum atomic E-state index is 0.446. The first kappa shape index (κ1) is 28.7. The molecule has 0 bridgehead atoms. The molecule has 182 valence electrons. The van der Waals surface area contributed by atoms with E-state index in [9.17, 15) is 0 Å². The van der Waals surface area contributed by atoms with Gasteiger partial charge in [-0.05, 0) is 56.2 Å². The Morgan fingerprint density at radius 2 is 1.27 bits per heavy atom. The summed E-state index contributed by atoms with van der Waals surface area (Å²) >= 11 is 0. The van der Waals surface area contributed by atoms with Crippen LogP contribution in [0.5, 0.6) is 0 Å². The van der Waals surface area contributed by atoms with E-state index in [2.05, 4.69) is 104 Å². The van der Waals surface area contributed by atoms with Crippen LogP contribution in [-0.2, 0) is 0 Å². The molecule has 0 amide bonds. The van der Waals surface area contributed by atoms with E-state index in [-0.39, 0.29) is 0 Å². The molecule has 3 aromatic rings. The van der Waals surface area contributed by atoms with Gasteiger partial charge >= 0.3 is 0 Å². The van der Waals surface area contributed by atoms with Gasteiger partial charge in [0.25, 0.3) is 0 Å². The molecule has 0 aromatic heterocycles. The number of hydrogen-bond acceptors (Lipinski definition) is 2. The van der Waals surface area contributed by atoms with Gasteiger partial charge in [-0.25, -0.2) is 0 Å². The number of rotatable bonds is 3. The zero-order chi connectivity index (χ0) is 25.0. The third-order valence-electron chi connectivity index (χ3n) is 6.43. The number of anilines is 1. The fraction of sp³-hybridized carbons (Fsp3) is 0.484. The van der Waals surface area contributed by atoms with Gasteiger partial charge in [-0.15, -0.1) is 0 Å². The Labute approximate surface area is 204 Å². The van der Waals surface area contributed by atoms with Gasteiger partial charge in [-0.2, -0.15) is 0 Å². The van der Waals surface area contributed by atoms with E-state index in [1.54, 1.807) is 0 Å². The number of nitrogens with zero attached hydrogens (tertiary/aromatic N) is 2. The lowest BCUT2D eigenvalue weighted by Crippen LogP contribution is -2.57. The summed E-state index contributed by atoms with van der Waals surface area (Å²) in [7, 11) is 0. The highest BCUT2D eigenvalue weighted by Crippen LogP contribution is 2.32. The molecule has 0 aliphatic carbocycles. The monoisotopic (exact) mass is 448 g/mol. The first-order valence-electron chi connectivity index (χ1n) is 13.1. The first-order chi connectivity index (χ1) is 16.0. The van der Waals surface area contributed by atoms with Gasteiger partial charge in [0.2, 0.25) is 0 Å². The molecule has 0 radical (unpaired) electrons. The Balaban J connectivity index is 0.000000841. The third-order valence-corrected chi connectivity index (χ3v) is 6.43. The number of aryl methyl sites for hydroxylation is 1. The van der Waals surface area contributed by atoms with Crippen LogP contribution in [0.25, 0.3) is 10.8 Å². The summed E-state index contributed by atoms with van der Waals surface area (Å²) in [5.41, 5.74) is 4.09. The predicted molar refractivity (Wildman–Crippen MR) is 151 cm³/mol. The van der Waals surface area contributed by atoms with Crippen LogP contribution in [0.1, 0.15) is 79.5 Å². The van der Waals surface area contributed by atoms with E-state index in [0.717, 1.165) is 13.1 Å². The van der Waals surface area contributed by atoms with Gasteiger partial charge in [0.1, 0.15) is 0 Å². The van der Waals surface area contributed by atoms with Crippen LogP contribution in [0, 0.1) is 6.92 Å². The lowest BCUT2D eigenvalue weighted by molar-refractivity contribution is 0.113. The van der Waals surface area contributed by atoms with Crippen LogP contribution in [-0.4, -0.2) is 30.1 Å². The molecule has 1 saturated heterocycles. The SMILES string of the molecule is CC.CC.CC.Cc1ccc(C(C)N2CCN(c3ccc4ccccc4c3)C(C)C2C)cc1. The number of piperazine rings is 1. The van der Waals surface area contributed by atoms with E-state index in [1.165, 1.54) is 27.6 Å². The molecule has 3 aromatic carbocycles. The molecule has 1 aliphatic rings. The Bertz CT molecular complexity index is 916. The third kappa shape index (κ3) is 7.08. The van der Waals surface area contributed by atoms with Crippen LogP contribution < -0.4 is 4.90 Å². The van der Waals surface area contributed by atoms with Crippen molar-refractivity contribution in [2.75, 3.05) is 18.0 Å². The van der Waals surface area contributed by atoms with Gasteiger partial charge in [0, 0.05) is 36.9 Å². The Morgan fingerprint density at radius 3 is 1.88 bits per heavy atom. The van der Waals surface area contributed by atoms with Crippen molar-refractivity contribution in [3.05, 3.63) is 77.9 Å². The lowest BCUT2D eigenvalue weighted by atomic mass is 9.97. The zero-order valence-corrected chi connectivity index (χ0v) is 22.9. The van der Waals surface area contributed by atoms with E-state index in [4.69, 9.17) is 0 Å². The molecule has 1 fully saturated rings. The van der Waals surface area contributed by atoms with Gasteiger partial charge in [0.15, 0.2) is 0 Å². The second kappa shape index (κ2) is 14.8. The summed E-state index contributed by atoms with van der Waals surface area (Å²) in [4.78, 5) is 5.24. The van der Waals surface area contributed by atoms with Gasteiger partial charge in [-0.1, -0.05) is 102 Å². The molecule has 3 unspecified atom stereocenters. The molecule has 4 rings (SSSR count). The fourth-order valence-electron chi connectivity index (χ4n) is 4.47. The average molecular weight is 449 g/mol. The van der Waals surface area contributed by atoms with E-state index in [1.807, 2.05) is 41.5 Å².